The van der Waals surface area contributed by atoms with Crippen LogP contribution in [0.15, 0.2) is 59.5 Å². The number of ether oxygens (including phenoxy) is 1. The minimum absolute atomic E-state index is 0.0200. The molecule has 2 aromatic carbocycles. The van der Waals surface area contributed by atoms with E-state index in [4.69, 9.17) is 4.74 Å². The molecule has 0 bridgehead atoms. The molecule has 0 amide bonds. The van der Waals surface area contributed by atoms with Crippen LogP contribution in [0.25, 0.3) is 0 Å². The maximum absolute atomic E-state index is 12.5. The van der Waals surface area contributed by atoms with Crippen molar-refractivity contribution in [1.29, 1.82) is 0 Å². The Morgan fingerprint density at radius 3 is 2.29 bits per heavy atom. The topological polar surface area (TPSA) is 55.4 Å². The lowest BCUT2D eigenvalue weighted by atomic mass is 10.1. The predicted octanol–water partition coefficient (Wildman–Crippen LogP) is 2.43. The van der Waals surface area contributed by atoms with Crippen LogP contribution in [-0.2, 0) is 9.84 Å². The highest BCUT2D eigenvalue weighted by Gasteiger charge is 2.23. The van der Waals surface area contributed by atoms with Crippen molar-refractivity contribution in [2.24, 2.45) is 0 Å². The summed E-state index contributed by atoms with van der Waals surface area (Å²) < 4.78 is 30.3. The fraction of sp³-hybridized carbons (Fsp3) is 0.250. The summed E-state index contributed by atoms with van der Waals surface area (Å²) >= 11 is 0. The molecular formula is C16H19NO3S. The van der Waals surface area contributed by atoms with Gasteiger partial charge in [-0.15, -0.1) is 0 Å². The molecule has 1 unspecified atom stereocenters. The molecule has 0 radical (unpaired) electrons. The number of rotatable bonds is 6. The van der Waals surface area contributed by atoms with E-state index in [1.807, 2.05) is 24.3 Å². The summed E-state index contributed by atoms with van der Waals surface area (Å²) in [6.07, 6.45) is 0. The molecule has 2 rings (SSSR count). The highest BCUT2D eigenvalue weighted by atomic mass is 32.2. The Morgan fingerprint density at radius 2 is 1.67 bits per heavy atom. The Morgan fingerprint density at radius 1 is 1.05 bits per heavy atom. The number of benzene rings is 2. The molecular weight excluding hydrogens is 286 g/mol. The molecule has 112 valence electrons. The van der Waals surface area contributed by atoms with Gasteiger partial charge in [0.1, 0.15) is 5.75 Å². The van der Waals surface area contributed by atoms with Gasteiger partial charge in [-0.05, 0) is 25.2 Å². The summed E-state index contributed by atoms with van der Waals surface area (Å²) in [5.41, 5.74) is 0.835. The zero-order valence-electron chi connectivity index (χ0n) is 12.1. The van der Waals surface area contributed by atoms with Crippen LogP contribution in [0.4, 0.5) is 0 Å². The fourth-order valence-corrected chi connectivity index (χ4v) is 3.78. The van der Waals surface area contributed by atoms with Gasteiger partial charge in [0, 0.05) is 11.6 Å². The van der Waals surface area contributed by atoms with Crippen LogP contribution >= 0.6 is 0 Å². The number of sulfone groups is 1. The first kappa shape index (κ1) is 15.5. The molecule has 0 heterocycles. The second-order valence-electron chi connectivity index (χ2n) is 4.68. The fourth-order valence-electron chi connectivity index (χ4n) is 2.23. The van der Waals surface area contributed by atoms with E-state index in [1.54, 1.807) is 44.5 Å². The predicted molar refractivity (Wildman–Crippen MR) is 83.3 cm³/mol. The molecule has 1 atom stereocenters. The molecule has 0 fully saturated rings. The molecule has 2 aromatic rings. The number of methoxy groups -OCH3 is 1. The number of hydrogen-bond acceptors (Lipinski definition) is 4. The van der Waals surface area contributed by atoms with Crippen molar-refractivity contribution >= 4 is 9.84 Å². The lowest BCUT2D eigenvalue weighted by Crippen LogP contribution is -2.25. The number of para-hydroxylation sites is 1. The summed E-state index contributed by atoms with van der Waals surface area (Å²) in [6, 6.07) is 15.6. The van der Waals surface area contributed by atoms with E-state index in [0.717, 1.165) is 5.56 Å². The molecule has 0 aromatic heterocycles. The van der Waals surface area contributed by atoms with Crippen molar-refractivity contribution in [2.45, 2.75) is 10.9 Å². The van der Waals surface area contributed by atoms with Crippen molar-refractivity contribution in [3.8, 4) is 5.75 Å². The van der Waals surface area contributed by atoms with Gasteiger partial charge in [-0.25, -0.2) is 8.42 Å². The third-order valence-corrected chi connectivity index (χ3v) is 5.11. The van der Waals surface area contributed by atoms with E-state index in [0.29, 0.717) is 10.6 Å². The molecule has 0 saturated carbocycles. The average molecular weight is 305 g/mol. The molecule has 0 spiro atoms. The van der Waals surface area contributed by atoms with Gasteiger partial charge in [0.25, 0.3) is 0 Å². The van der Waals surface area contributed by atoms with Crippen LogP contribution in [0.3, 0.4) is 0 Å². The normalized spacial score (nSPS) is 12.9. The van der Waals surface area contributed by atoms with Crippen LogP contribution in [0.1, 0.15) is 11.6 Å². The van der Waals surface area contributed by atoms with Crippen LogP contribution in [0.5, 0.6) is 5.75 Å². The standard InChI is InChI=1S/C16H19NO3S/c1-17-15(14-10-6-7-11-16(14)20-2)12-21(18,19)13-8-4-3-5-9-13/h3-11,15,17H,12H2,1-2H3. The Hall–Kier alpha value is -1.85. The monoisotopic (exact) mass is 305 g/mol. The van der Waals surface area contributed by atoms with E-state index >= 15 is 0 Å². The highest BCUT2D eigenvalue weighted by molar-refractivity contribution is 7.91. The average Bonchev–Trinajstić information content (AvgIpc) is 2.53. The third kappa shape index (κ3) is 3.62. The first-order valence-corrected chi connectivity index (χ1v) is 8.31. The Bertz CT molecular complexity index is 684. The van der Waals surface area contributed by atoms with Crippen molar-refractivity contribution in [3.63, 3.8) is 0 Å². The summed E-state index contributed by atoms with van der Waals surface area (Å²) in [7, 11) is -0.0345. The first-order valence-electron chi connectivity index (χ1n) is 6.66. The zero-order valence-corrected chi connectivity index (χ0v) is 12.9. The van der Waals surface area contributed by atoms with Crippen LogP contribution in [0.2, 0.25) is 0 Å². The van der Waals surface area contributed by atoms with Gasteiger partial charge < -0.3 is 10.1 Å². The Kier molecular flexibility index (Phi) is 4.98. The molecule has 1 N–H and O–H groups in total. The van der Waals surface area contributed by atoms with Crippen molar-refractivity contribution in [1.82, 2.24) is 5.32 Å². The molecule has 21 heavy (non-hydrogen) atoms. The molecule has 0 aliphatic heterocycles. The summed E-state index contributed by atoms with van der Waals surface area (Å²) in [4.78, 5) is 0.333. The van der Waals surface area contributed by atoms with E-state index < -0.39 is 9.84 Å². The molecule has 4 nitrogen and oxygen atoms in total. The smallest absolute Gasteiger partial charge is 0.180 e. The quantitative estimate of drug-likeness (QED) is 0.890. The van der Waals surface area contributed by atoms with E-state index in [9.17, 15) is 8.42 Å². The second kappa shape index (κ2) is 6.74. The molecule has 0 aliphatic rings. The minimum Gasteiger partial charge on any atom is -0.496 e. The summed E-state index contributed by atoms with van der Waals surface area (Å²) in [6.45, 7) is 0. The third-order valence-electron chi connectivity index (χ3n) is 3.35. The van der Waals surface area contributed by atoms with Gasteiger partial charge in [0.15, 0.2) is 9.84 Å². The van der Waals surface area contributed by atoms with Gasteiger partial charge in [0.2, 0.25) is 0 Å². The maximum Gasteiger partial charge on any atom is 0.180 e. The number of hydrogen-bond donors (Lipinski definition) is 1. The highest BCUT2D eigenvalue weighted by Crippen LogP contribution is 2.27. The number of nitrogens with one attached hydrogen (secondary N) is 1. The van der Waals surface area contributed by atoms with Gasteiger partial charge in [-0.2, -0.15) is 0 Å². The largest absolute Gasteiger partial charge is 0.496 e. The van der Waals surface area contributed by atoms with E-state index in [1.165, 1.54) is 0 Å². The van der Waals surface area contributed by atoms with E-state index in [-0.39, 0.29) is 11.8 Å². The summed E-state index contributed by atoms with van der Waals surface area (Å²) in [5.74, 6) is 0.661. The van der Waals surface area contributed by atoms with Crippen LogP contribution in [0, 0.1) is 0 Å². The van der Waals surface area contributed by atoms with Crippen LogP contribution < -0.4 is 10.1 Å². The Balaban J connectivity index is 2.31. The minimum atomic E-state index is -3.36. The van der Waals surface area contributed by atoms with Crippen molar-refractivity contribution in [3.05, 3.63) is 60.2 Å². The molecule has 0 saturated heterocycles. The van der Waals surface area contributed by atoms with E-state index in [2.05, 4.69) is 5.32 Å². The van der Waals surface area contributed by atoms with Crippen molar-refractivity contribution < 1.29 is 13.2 Å². The van der Waals surface area contributed by atoms with Crippen LogP contribution in [-0.4, -0.2) is 28.3 Å². The lowest BCUT2D eigenvalue weighted by Gasteiger charge is -2.19. The van der Waals surface area contributed by atoms with Crippen molar-refractivity contribution in [2.75, 3.05) is 19.9 Å². The van der Waals surface area contributed by atoms with Gasteiger partial charge >= 0.3 is 0 Å². The second-order valence-corrected chi connectivity index (χ2v) is 6.71. The first-order chi connectivity index (χ1) is 10.1. The van der Waals surface area contributed by atoms with Gasteiger partial charge in [-0.3, -0.25) is 0 Å². The SMILES string of the molecule is CNC(CS(=O)(=O)c1ccccc1)c1ccccc1OC. The zero-order chi connectivity index (χ0) is 15.3. The molecule has 0 aliphatic carbocycles. The van der Waals surface area contributed by atoms with Gasteiger partial charge in [-0.1, -0.05) is 36.4 Å². The summed E-state index contributed by atoms with van der Waals surface area (Å²) in [5, 5.41) is 3.06. The van der Waals surface area contributed by atoms with Gasteiger partial charge in [0.05, 0.1) is 17.8 Å². The maximum atomic E-state index is 12.5. The molecule has 5 heteroatoms. The Labute approximate surface area is 125 Å². The lowest BCUT2D eigenvalue weighted by molar-refractivity contribution is 0.404.